The molecule has 1 saturated heterocycles. The van der Waals surface area contributed by atoms with Crippen LogP contribution < -0.4 is 0 Å². The van der Waals surface area contributed by atoms with E-state index in [1.165, 1.54) is 0 Å². The summed E-state index contributed by atoms with van der Waals surface area (Å²) in [6.45, 7) is 11.1. The van der Waals surface area contributed by atoms with E-state index in [1.54, 1.807) is 27.7 Å². The SMILES string of the molecule is Cc1cc(C)c(S(=O)(=O)N2CCCN(S(=O)(=O)c3c(C)cc(C)cc3C)OCCCO2)c(C)c1. The van der Waals surface area contributed by atoms with Crippen molar-refractivity contribution < 1.29 is 26.5 Å². The lowest BCUT2D eigenvalue weighted by atomic mass is 10.1. The van der Waals surface area contributed by atoms with Crippen LogP contribution in [0, 0.1) is 41.5 Å². The molecule has 0 saturated carbocycles. The molecule has 0 aliphatic carbocycles. The van der Waals surface area contributed by atoms with E-state index in [2.05, 4.69) is 0 Å². The maximum atomic E-state index is 13.5. The van der Waals surface area contributed by atoms with Gasteiger partial charge in [-0.3, -0.25) is 9.68 Å². The van der Waals surface area contributed by atoms with Crippen molar-refractivity contribution in [2.45, 2.75) is 64.2 Å². The topological polar surface area (TPSA) is 93.2 Å². The number of hydrogen-bond acceptors (Lipinski definition) is 6. The zero-order chi connectivity index (χ0) is 25.3. The van der Waals surface area contributed by atoms with E-state index in [-0.39, 0.29) is 42.5 Å². The van der Waals surface area contributed by atoms with Crippen LogP contribution in [0.2, 0.25) is 0 Å². The third-order valence-corrected chi connectivity index (χ3v) is 9.67. The summed E-state index contributed by atoms with van der Waals surface area (Å²) in [6.07, 6.45) is 0.530. The van der Waals surface area contributed by atoms with E-state index >= 15 is 0 Å². The summed E-state index contributed by atoms with van der Waals surface area (Å²) in [4.78, 5) is 11.7. The molecule has 2 aromatic carbocycles. The molecule has 10 heteroatoms. The van der Waals surface area contributed by atoms with Crippen LogP contribution >= 0.6 is 0 Å². The molecule has 2 aromatic rings. The van der Waals surface area contributed by atoms with Crippen molar-refractivity contribution >= 4 is 20.0 Å². The van der Waals surface area contributed by atoms with Crippen LogP contribution in [0.15, 0.2) is 34.1 Å². The van der Waals surface area contributed by atoms with Crippen LogP contribution in [0.4, 0.5) is 0 Å². The van der Waals surface area contributed by atoms with Gasteiger partial charge in [0, 0.05) is 13.1 Å². The Balaban J connectivity index is 1.87. The summed E-state index contributed by atoms with van der Waals surface area (Å²) in [7, 11) is -7.86. The quantitative estimate of drug-likeness (QED) is 0.620. The molecule has 0 radical (unpaired) electrons. The summed E-state index contributed by atoms with van der Waals surface area (Å²) in [5.41, 5.74) is 4.56. The zero-order valence-corrected chi connectivity index (χ0v) is 22.3. The zero-order valence-electron chi connectivity index (χ0n) is 20.7. The molecule has 8 nitrogen and oxygen atoms in total. The van der Waals surface area contributed by atoms with Crippen molar-refractivity contribution in [1.29, 1.82) is 0 Å². The van der Waals surface area contributed by atoms with Gasteiger partial charge in [-0.25, -0.2) is 16.8 Å². The number of nitrogens with zero attached hydrogens (tertiary/aromatic N) is 2. The molecule has 1 aliphatic heterocycles. The van der Waals surface area contributed by atoms with E-state index in [4.69, 9.17) is 9.68 Å². The Morgan fingerprint density at radius 2 is 0.912 bits per heavy atom. The Morgan fingerprint density at radius 1 is 0.588 bits per heavy atom. The molecule has 3 rings (SSSR count). The van der Waals surface area contributed by atoms with E-state index in [0.717, 1.165) is 20.1 Å². The summed E-state index contributed by atoms with van der Waals surface area (Å²) >= 11 is 0. The second-order valence-corrected chi connectivity index (χ2v) is 12.4. The molecule has 0 amide bonds. The van der Waals surface area contributed by atoms with Gasteiger partial charge in [0.25, 0.3) is 20.0 Å². The molecular weight excluding hydrogens is 476 g/mol. The number of benzene rings is 2. The van der Waals surface area contributed by atoms with Gasteiger partial charge in [-0.15, -0.1) is 0 Å². The van der Waals surface area contributed by atoms with E-state index in [9.17, 15) is 16.8 Å². The second kappa shape index (κ2) is 10.4. The van der Waals surface area contributed by atoms with Crippen molar-refractivity contribution in [3.8, 4) is 0 Å². The van der Waals surface area contributed by atoms with Crippen LogP contribution in [-0.2, 0) is 29.7 Å². The molecule has 0 aromatic heterocycles. The van der Waals surface area contributed by atoms with Crippen LogP contribution in [0.5, 0.6) is 0 Å². The highest BCUT2D eigenvalue weighted by atomic mass is 32.2. The number of rotatable bonds is 4. The van der Waals surface area contributed by atoms with E-state index in [1.807, 2.05) is 38.1 Å². The third kappa shape index (κ3) is 5.53. The molecular formula is C24H34N2O6S2. The molecule has 1 heterocycles. The second-order valence-electron chi connectivity index (χ2n) is 8.89. The summed E-state index contributed by atoms with van der Waals surface area (Å²) in [5, 5.41) is 0. The lowest BCUT2D eigenvalue weighted by Crippen LogP contribution is -2.39. The molecule has 0 N–H and O–H groups in total. The van der Waals surface area contributed by atoms with Gasteiger partial charge < -0.3 is 0 Å². The predicted molar refractivity (Wildman–Crippen MR) is 130 cm³/mol. The van der Waals surface area contributed by atoms with E-state index in [0.29, 0.717) is 28.7 Å². The minimum Gasteiger partial charge on any atom is -0.284 e. The van der Waals surface area contributed by atoms with Gasteiger partial charge in [0.05, 0.1) is 23.0 Å². The van der Waals surface area contributed by atoms with Gasteiger partial charge in [-0.2, -0.15) is 0 Å². The maximum Gasteiger partial charge on any atom is 0.265 e. The van der Waals surface area contributed by atoms with Crippen molar-refractivity contribution in [2.75, 3.05) is 26.3 Å². The van der Waals surface area contributed by atoms with Crippen molar-refractivity contribution in [3.63, 3.8) is 0 Å². The van der Waals surface area contributed by atoms with Gasteiger partial charge in [0.15, 0.2) is 0 Å². The largest absolute Gasteiger partial charge is 0.284 e. The lowest BCUT2D eigenvalue weighted by molar-refractivity contribution is -0.133. The van der Waals surface area contributed by atoms with Crippen molar-refractivity contribution in [1.82, 2.24) is 8.94 Å². The predicted octanol–water partition coefficient (Wildman–Crippen LogP) is 3.88. The number of sulfonamides is 2. The molecule has 0 bridgehead atoms. The third-order valence-electron chi connectivity index (χ3n) is 5.70. The molecule has 0 unspecified atom stereocenters. The lowest BCUT2D eigenvalue weighted by Gasteiger charge is -2.28. The average Bonchev–Trinajstić information content (AvgIpc) is 2.69. The normalized spacial score (nSPS) is 17.6. The van der Waals surface area contributed by atoms with Crippen LogP contribution in [0.3, 0.4) is 0 Å². The van der Waals surface area contributed by atoms with Crippen LogP contribution in [-0.4, -0.2) is 52.1 Å². The molecule has 34 heavy (non-hydrogen) atoms. The Hall–Kier alpha value is -1.82. The molecule has 1 aliphatic rings. The fourth-order valence-corrected chi connectivity index (χ4v) is 8.02. The first-order chi connectivity index (χ1) is 15.9. The minimum atomic E-state index is -3.93. The monoisotopic (exact) mass is 510 g/mol. The van der Waals surface area contributed by atoms with E-state index < -0.39 is 20.0 Å². The van der Waals surface area contributed by atoms with Crippen LogP contribution in [0.25, 0.3) is 0 Å². The van der Waals surface area contributed by atoms with Crippen molar-refractivity contribution in [2.24, 2.45) is 0 Å². The standard InChI is InChI=1S/C24H34N2O6S2/c1-17-13-19(3)23(20(4)14-17)33(27,28)25-9-7-10-26(32-12-8-11-31-25)34(29,30)24-21(5)15-18(2)16-22(24)6/h13-16H,7-12H2,1-6H3. The number of hydrogen-bond donors (Lipinski definition) is 0. The average molecular weight is 511 g/mol. The number of aryl methyl sites for hydroxylation is 6. The summed E-state index contributed by atoms with van der Waals surface area (Å²) < 4.78 is 55.8. The van der Waals surface area contributed by atoms with Gasteiger partial charge in [-0.05, 0) is 76.6 Å². The van der Waals surface area contributed by atoms with Gasteiger partial charge in [0.1, 0.15) is 0 Å². The summed E-state index contributed by atoms with van der Waals surface area (Å²) in [6, 6.07) is 7.32. The fourth-order valence-electron chi connectivity index (χ4n) is 4.58. The molecule has 0 spiro atoms. The fraction of sp³-hybridized carbons (Fsp3) is 0.500. The highest BCUT2D eigenvalue weighted by Gasteiger charge is 2.32. The first-order valence-electron chi connectivity index (χ1n) is 11.3. The highest BCUT2D eigenvalue weighted by molar-refractivity contribution is 7.89. The Morgan fingerprint density at radius 3 is 1.24 bits per heavy atom. The number of hydroxylamine groups is 2. The molecule has 0 atom stereocenters. The first kappa shape index (κ1) is 26.8. The Bertz CT molecular complexity index is 1130. The van der Waals surface area contributed by atoms with Gasteiger partial charge in [-0.1, -0.05) is 44.3 Å². The smallest absolute Gasteiger partial charge is 0.265 e. The van der Waals surface area contributed by atoms with Crippen molar-refractivity contribution in [3.05, 3.63) is 57.6 Å². The Labute approximate surface area is 203 Å². The minimum absolute atomic E-state index is 0.00364. The van der Waals surface area contributed by atoms with Gasteiger partial charge >= 0.3 is 0 Å². The maximum absolute atomic E-state index is 13.5. The van der Waals surface area contributed by atoms with Crippen LogP contribution in [0.1, 0.15) is 46.2 Å². The molecule has 1 fully saturated rings. The molecule has 188 valence electrons. The first-order valence-corrected chi connectivity index (χ1v) is 14.2. The van der Waals surface area contributed by atoms with Gasteiger partial charge in [0.2, 0.25) is 0 Å². The highest BCUT2D eigenvalue weighted by Crippen LogP contribution is 2.28. The summed E-state index contributed by atoms with van der Waals surface area (Å²) in [5.74, 6) is 0. The Kier molecular flexibility index (Phi) is 8.22.